The molecule has 0 aromatic heterocycles. The highest BCUT2D eigenvalue weighted by Crippen LogP contribution is 2.44. The minimum Gasteiger partial charge on any atom is -0.480 e. The number of nitrogens with one attached hydrogen (secondary N) is 1. The molecule has 2 aliphatic rings. The van der Waals surface area contributed by atoms with E-state index in [1.807, 2.05) is 45.0 Å². The summed E-state index contributed by atoms with van der Waals surface area (Å²) in [7, 11) is 0. The van der Waals surface area contributed by atoms with Crippen molar-refractivity contribution in [3.8, 4) is 11.1 Å². The van der Waals surface area contributed by atoms with Gasteiger partial charge in [-0.3, -0.25) is 4.79 Å². The van der Waals surface area contributed by atoms with Gasteiger partial charge in [0.15, 0.2) is 0 Å². The highest BCUT2D eigenvalue weighted by molar-refractivity contribution is 5.90. The first-order valence-corrected chi connectivity index (χ1v) is 12.5. The quantitative estimate of drug-likeness (QED) is 0.604. The van der Waals surface area contributed by atoms with Crippen LogP contribution < -0.4 is 5.32 Å². The fraction of sp³-hybridized carbons (Fsp3) is 0.464. The molecule has 1 heterocycles. The smallest absolute Gasteiger partial charge is 0.407 e. The lowest BCUT2D eigenvalue weighted by Crippen LogP contribution is -2.58. The van der Waals surface area contributed by atoms with Crippen molar-refractivity contribution in [1.29, 1.82) is 0 Å². The van der Waals surface area contributed by atoms with Gasteiger partial charge in [0.1, 0.15) is 18.7 Å². The number of carboxylic acid groups (broad SMARTS) is 1. The number of carboxylic acids is 1. The number of nitrogens with zero attached hydrogens (tertiary/aromatic N) is 1. The number of piperidine rings is 1. The topological polar surface area (TPSA) is 95.9 Å². The third kappa shape index (κ3) is 5.04. The molecule has 2 aromatic rings. The summed E-state index contributed by atoms with van der Waals surface area (Å²) >= 11 is 0. The van der Waals surface area contributed by atoms with E-state index in [0.717, 1.165) is 28.7 Å². The summed E-state index contributed by atoms with van der Waals surface area (Å²) in [5.74, 6) is -1.40. The Morgan fingerprint density at radius 3 is 2.23 bits per heavy atom. The molecule has 0 spiro atoms. The predicted octanol–water partition coefficient (Wildman–Crippen LogP) is 4.65. The molecule has 2 amide bonds. The van der Waals surface area contributed by atoms with Gasteiger partial charge in [0.2, 0.25) is 5.91 Å². The summed E-state index contributed by atoms with van der Waals surface area (Å²) in [6.45, 7) is 6.36. The van der Waals surface area contributed by atoms with Crippen molar-refractivity contribution >= 4 is 18.0 Å². The van der Waals surface area contributed by atoms with E-state index >= 15 is 0 Å². The number of fused-ring (bicyclic) bond motifs is 3. The second kappa shape index (κ2) is 10.5. The SMILES string of the molecule is CCC(C)[C@H](NC(=O)OCC1c2ccccc2-c2ccccc21)C(=O)N1CC(C)CCC1C(=O)O. The molecule has 1 saturated heterocycles. The summed E-state index contributed by atoms with van der Waals surface area (Å²) in [5, 5.41) is 12.4. The first kappa shape index (κ1) is 24.8. The summed E-state index contributed by atoms with van der Waals surface area (Å²) in [6, 6.07) is 14.5. The van der Waals surface area contributed by atoms with E-state index in [1.165, 1.54) is 4.90 Å². The van der Waals surface area contributed by atoms with E-state index in [-0.39, 0.29) is 30.3 Å². The standard InChI is InChI=1S/C28H34N2O5/c1-4-18(3)25(26(31)30-15-17(2)13-14-24(30)27(32)33)29-28(34)35-16-23-21-11-7-5-9-19(21)20-10-6-8-12-22(20)23/h5-12,17-18,23-25H,4,13-16H2,1-3H3,(H,29,34)(H,32,33)/t17?,18?,24?,25-/m0/s1. The summed E-state index contributed by atoms with van der Waals surface area (Å²) in [5.41, 5.74) is 4.51. The number of amides is 2. The summed E-state index contributed by atoms with van der Waals surface area (Å²) in [4.78, 5) is 39.6. The van der Waals surface area contributed by atoms with Gasteiger partial charge in [0.25, 0.3) is 0 Å². The number of carbonyl (C=O) groups excluding carboxylic acids is 2. The molecule has 35 heavy (non-hydrogen) atoms. The predicted molar refractivity (Wildman–Crippen MR) is 133 cm³/mol. The second-order valence-electron chi connectivity index (χ2n) is 9.86. The number of carbonyl (C=O) groups is 3. The molecule has 3 unspecified atom stereocenters. The zero-order valence-electron chi connectivity index (χ0n) is 20.6. The molecular weight excluding hydrogens is 444 g/mol. The molecule has 1 aliphatic carbocycles. The number of aliphatic carboxylic acids is 1. The number of alkyl carbamates (subject to hydrolysis) is 1. The maximum atomic E-state index is 13.5. The average molecular weight is 479 g/mol. The van der Waals surface area contributed by atoms with E-state index in [9.17, 15) is 19.5 Å². The fourth-order valence-electron chi connectivity index (χ4n) is 5.28. The van der Waals surface area contributed by atoms with Crippen LogP contribution >= 0.6 is 0 Å². The third-order valence-electron chi connectivity index (χ3n) is 7.48. The van der Waals surface area contributed by atoms with Gasteiger partial charge in [0, 0.05) is 12.5 Å². The minimum atomic E-state index is -1.01. The molecule has 1 aliphatic heterocycles. The van der Waals surface area contributed by atoms with Crippen molar-refractivity contribution < 1.29 is 24.2 Å². The van der Waals surface area contributed by atoms with Crippen LogP contribution in [0.5, 0.6) is 0 Å². The summed E-state index contributed by atoms with van der Waals surface area (Å²) < 4.78 is 5.66. The molecule has 0 bridgehead atoms. The van der Waals surface area contributed by atoms with E-state index in [1.54, 1.807) is 0 Å². The molecule has 4 rings (SSSR count). The van der Waals surface area contributed by atoms with Crippen LogP contribution in [0.25, 0.3) is 11.1 Å². The van der Waals surface area contributed by atoms with Gasteiger partial charge in [-0.25, -0.2) is 9.59 Å². The van der Waals surface area contributed by atoms with Crippen LogP contribution in [0.1, 0.15) is 57.1 Å². The number of likely N-dealkylation sites (tertiary alicyclic amines) is 1. The molecule has 1 fully saturated rings. The molecule has 2 aromatic carbocycles. The molecular formula is C28H34N2O5. The Kier molecular flexibility index (Phi) is 7.43. The van der Waals surface area contributed by atoms with E-state index in [4.69, 9.17) is 4.74 Å². The van der Waals surface area contributed by atoms with Gasteiger partial charge >= 0.3 is 12.1 Å². The van der Waals surface area contributed by atoms with Gasteiger partial charge < -0.3 is 20.1 Å². The zero-order valence-corrected chi connectivity index (χ0v) is 20.6. The molecule has 4 atom stereocenters. The Labute approximate surface area is 206 Å². The molecule has 7 heteroatoms. The Hall–Kier alpha value is -3.35. The summed E-state index contributed by atoms with van der Waals surface area (Å²) in [6.07, 6.45) is 1.17. The lowest BCUT2D eigenvalue weighted by atomic mass is 9.91. The monoisotopic (exact) mass is 478 g/mol. The lowest BCUT2D eigenvalue weighted by molar-refractivity contribution is -0.154. The van der Waals surface area contributed by atoms with Gasteiger partial charge in [-0.1, -0.05) is 75.7 Å². The van der Waals surface area contributed by atoms with Gasteiger partial charge in [0.05, 0.1) is 0 Å². The van der Waals surface area contributed by atoms with Crippen molar-refractivity contribution in [3.05, 3.63) is 59.7 Å². The maximum Gasteiger partial charge on any atom is 0.407 e. The number of hydrogen-bond donors (Lipinski definition) is 2. The highest BCUT2D eigenvalue weighted by atomic mass is 16.5. The molecule has 2 N–H and O–H groups in total. The highest BCUT2D eigenvalue weighted by Gasteiger charge is 2.39. The van der Waals surface area contributed by atoms with Crippen LogP contribution in [0.15, 0.2) is 48.5 Å². The zero-order chi connectivity index (χ0) is 25.1. The van der Waals surface area contributed by atoms with Crippen molar-refractivity contribution in [2.75, 3.05) is 13.2 Å². The van der Waals surface area contributed by atoms with E-state index in [2.05, 4.69) is 29.6 Å². The fourth-order valence-corrected chi connectivity index (χ4v) is 5.28. The molecule has 186 valence electrons. The van der Waals surface area contributed by atoms with E-state index in [0.29, 0.717) is 19.4 Å². The van der Waals surface area contributed by atoms with E-state index < -0.39 is 24.1 Å². The average Bonchev–Trinajstić information content (AvgIpc) is 3.18. The van der Waals surface area contributed by atoms with Gasteiger partial charge in [-0.2, -0.15) is 0 Å². The molecule has 7 nitrogen and oxygen atoms in total. The van der Waals surface area contributed by atoms with Crippen molar-refractivity contribution in [3.63, 3.8) is 0 Å². The van der Waals surface area contributed by atoms with Gasteiger partial charge in [-0.05, 0) is 46.9 Å². The van der Waals surface area contributed by atoms with Crippen molar-refractivity contribution in [1.82, 2.24) is 10.2 Å². The van der Waals surface area contributed by atoms with Crippen molar-refractivity contribution in [2.24, 2.45) is 11.8 Å². The Morgan fingerprint density at radius 1 is 1.06 bits per heavy atom. The van der Waals surface area contributed by atoms with Crippen LogP contribution in [0.3, 0.4) is 0 Å². The van der Waals surface area contributed by atoms with Gasteiger partial charge in [-0.15, -0.1) is 0 Å². The number of hydrogen-bond acceptors (Lipinski definition) is 4. The van der Waals surface area contributed by atoms with Crippen molar-refractivity contribution in [2.45, 2.75) is 58.0 Å². The van der Waals surface area contributed by atoms with Crippen LogP contribution in [0.4, 0.5) is 4.79 Å². The van der Waals surface area contributed by atoms with Crippen LogP contribution in [-0.4, -0.2) is 53.2 Å². The van der Waals surface area contributed by atoms with Crippen LogP contribution in [0.2, 0.25) is 0 Å². The molecule has 0 radical (unpaired) electrons. The second-order valence-corrected chi connectivity index (χ2v) is 9.86. The lowest BCUT2D eigenvalue weighted by Gasteiger charge is -2.39. The maximum absolute atomic E-state index is 13.5. The Morgan fingerprint density at radius 2 is 1.66 bits per heavy atom. The number of rotatable bonds is 7. The normalized spacial score (nSPS) is 20.9. The Balaban J connectivity index is 1.47. The number of benzene rings is 2. The Bertz CT molecular complexity index is 1050. The molecule has 0 saturated carbocycles. The first-order valence-electron chi connectivity index (χ1n) is 12.5. The number of ether oxygens (including phenoxy) is 1. The largest absolute Gasteiger partial charge is 0.480 e. The van der Waals surface area contributed by atoms with Crippen LogP contribution in [-0.2, 0) is 14.3 Å². The third-order valence-corrected chi connectivity index (χ3v) is 7.48. The first-order chi connectivity index (χ1) is 16.8. The minimum absolute atomic E-state index is 0.0785. The van der Waals surface area contributed by atoms with Crippen LogP contribution in [0, 0.1) is 11.8 Å².